The van der Waals surface area contributed by atoms with Crippen molar-refractivity contribution in [3.05, 3.63) is 72.9 Å². The quantitative estimate of drug-likeness (QED) is 0.417. The summed E-state index contributed by atoms with van der Waals surface area (Å²) in [6.45, 7) is 13.5. The van der Waals surface area contributed by atoms with E-state index in [0.29, 0.717) is 13.0 Å². The molecule has 0 saturated carbocycles. The maximum absolute atomic E-state index is 11.9. The van der Waals surface area contributed by atoms with Gasteiger partial charge in [-0.2, -0.15) is 0 Å². The number of carbonyl (C=O) groups is 1. The van der Waals surface area contributed by atoms with Gasteiger partial charge in [-0.05, 0) is 30.5 Å². The number of nitrogens with one attached hydrogen (secondary N) is 1. The molecular weight excluding hydrogens is 418 g/mol. The summed E-state index contributed by atoms with van der Waals surface area (Å²) in [6, 6.07) is 0. The molecular formula is C26H41NO4Si. The molecule has 0 radical (unpaired) electrons. The fraction of sp³-hybridized carbons (Fsp3) is 0.500. The molecule has 0 fully saturated rings. The second-order valence-corrected chi connectivity index (χ2v) is 14.4. The molecule has 0 bridgehead atoms. The van der Waals surface area contributed by atoms with E-state index in [9.17, 15) is 15.0 Å². The number of aliphatic hydroxyl groups excluding tert-OH is 2. The number of hydrogen-bond acceptors (Lipinski definition) is 4. The van der Waals surface area contributed by atoms with Crippen molar-refractivity contribution in [2.75, 3.05) is 6.54 Å². The van der Waals surface area contributed by atoms with Gasteiger partial charge in [-0.1, -0.05) is 94.5 Å². The van der Waals surface area contributed by atoms with Crippen LogP contribution in [0.3, 0.4) is 0 Å². The summed E-state index contributed by atoms with van der Waals surface area (Å²) < 4.78 is 6.51. The summed E-state index contributed by atoms with van der Waals surface area (Å²) in [5.41, 5.74) is 0. The second kappa shape index (κ2) is 13.5. The van der Waals surface area contributed by atoms with E-state index in [-0.39, 0.29) is 23.0 Å². The van der Waals surface area contributed by atoms with Crippen molar-refractivity contribution < 1.29 is 19.4 Å². The summed E-state index contributed by atoms with van der Waals surface area (Å²) in [5, 5.41) is 23.5. The number of allylic oxidation sites excluding steroid dienone is 6. The van der Waals surface area contributed by atoms with E-state index < -0.39 is 20.5 Å². The lowest BCUT2D eigenvalue weighted by Crippen LogP contribution is -2.43. The fourth-order valence-corrected chi connectivity index (χ4v) is 3.85. The van der Waals surface area contributed by atoms with Gasteiger partial charge in [-0.3, -0.25) is 4.79 Å². The Morgan fingerprint density at radius 3 is 2.25 bits per heavy atom. The zero-order valence-electron chi connectivity index (χ0n) is 20.4. The van der Waals surface area contributed by atoms with Crippen LogP contribution in [0.1, 0.15) is 34.1 Å². The van der Waals surface area contributed by atoms with Crippen LogP contribution in [0, 0.1) is 5.92 Å². The first-order valence-corrected chi connectivity index (χ1v) is 14.2. The van der Waals surface area contributed by atoms with Gasteiger partial charge in [0, 0.05) is 12.6 Å². The molecule has 0 aromatic carbocycles. The first kappa shape index (κ1) is 28.0. The average Bonchev–Trinajstić information content (AvgIpc) is 2.70. The second-order valence-electron chi connectivity index (χ2n) is 9.68. The van der Waals surface area contributed by atoms with Crippen LogP contribution in [-0.4, -0.2) is 49.3 Å². The van der Waals surface area contributed by atoms with Crippen molar-refractivity contribution in [1.82, 2.24) is 5.32 Å². The lowest BCUT2D eigenvalue weighted by molar-refractivity contribution is -0.116. The average molecular weight is 460 g/mol. The number of rotatable bonds is 2. The largest absolute Gasteiger partial charge is 0.410 e. The Balaban J connectivity index is 3.07. The fourth-order valence-electron chi connectivity index (χ4n) is 2.57. The molecule has 4 atom stereocenters. The monoisotopic (exact) mass is 459 g/mol. The summed E-state index contributed by atoms with van der Waals surface area (Å²) in [4.78, 5) is 11.9. The standard InChI is InChI=1S/C26H41NO4Si/c1-21-14-12-13-16-23(28)24(29)19-18-22(31-32(5,6)26(2,3)4)15-10-8-7-9-11-17-25(30)27-20-21/h7-14,16-19,21-24,28-29H,15,20H2,1-6H3,(H,27,30)/b9-7+,10-8+,14-12+,16-13+,17-11+,19-18+/t21-,22?,23?,24?/m1/s1. The van der Waals surface area contributed by atoms with E-state index in [2.05, 4.69) is 39.2 Å². The molecule has 1 rings (SSSR count). The number of aliphatic hydroxyl groups is 2. The van der Waals surface area contributed by atoms with Gasteiger partial charge >= 0.3 is 0 Å². The Bertz CT molecular complexity index is 756. The Labute approximate surface area is 195 Å². The van der Waals surface area contributed by atoms with Gasteiger partial charge in [0.1, 0.15) is 12.2 Å². The van der Waals surface area contributed by atoms with Gasteiger partial charge in [0.05, 0.1) is 6.10 Å². The van der Waals surface area contributed by atoms with Crippen LogP contribution < -0.4 is 5.32 Å². The Hall–Kier alpha value is -1.99. The minimum absolute atomic E-state index is 0.0589. The highest BCUT2D eigenvalue weighted by molar-refractivity contribution is 6.74. The highest BCUT2D eigenvalue weighted by Gasteiger charge is 2.38. The van der Waals surface area contributed by atoms with Crippen LogP contribution in [0.25, 0.3) is 0 Å². The van der Waals surface area contributed by atoms with Gasteiger partial charge in [-0.15, -0.1) is 0 Å². The first-order chi connectivity index (χ1) is 14.9. The van der Waals surface area contributed by atoms with Crippen molar-refractivity contribution in [2.24, 2.45) is 5.92 Å². The molecule has 0 spiro atoms. The lowest BCUT2D eigenvalue weighted by atomic mass is 10.1. The molecule has 0 aromatic rings. The van der Waals surface area contributed by atoms with Crippen molar-refractivity contribution in [3.63, 3.8) is 0 Å². The summed E-state index contributed by atoms with van der Waals surface area (Å²) in [6.07, 6.45) is 19.6. The third kappa shape index (κ3) is 11.0. The summed E-state index contributed by atoms with van der Waals surface area (Å²) in [7, 11) is -2.02. The van der Waals surface area contributed by atoms with Crippen molar-refractivity contribution in [1.29, 1.82) is 0 Å². The van der Waals surface area contributed by atoms with E-state index in [0.717, 1.165) is 0 Å². The smallest absolute Gasteiger partial charge is 0.243 e. The molecule has 32 heavy (non-hydrogen) atoms. The van der Waals surface area contributed by atoms with E-state index in [1.165, 1.54) is 6.08 Å². The lowest BCUT2D eigenvalue weighted by Gasteiger charge is -2.38. The van der Waals surface area contributed by atoms with Crippen LogP contribution >= 0.6 is 0 Å². The molecule has 1 amide bonds. The molecule has 178 valence electrons. The molecule has 0 aliphatic carbocycles. The topological polar surface area (TPSA) is 78.8 Å². The van der Waals surface area contributed by atoms with Crippen molar-refractivity contribution in [3.8, 4) is 0 Å². The molecule has 3 N–H and O–H groups in total. The predicted molar refractivity (Wildman–Crippen MR) is 136 cm³/mol. The SMILES string of the molecule is C[C@@H]1/C=C/C=C/C(O)C(O)/C=C/C(O[Si](C)(C)C(C)(C)C)C/C=C/C=C/C=C/C(=O)NC1. The zero-order chi connectivity index (χ0) is 24.2. The zero-order valence-corrected chi connectivity index (χ0v) is 21.4. The molecule has 1 aliphatic heterocycles. The first-order valence-electron chi connectivity index (χ1n) is 11.3. The Morgan fingerprint density at radius 1 is 0.938 bits per heavy atom. The van der Waals surface area contributed by atoms with E-state index >= 15 is 0 Å². The van der Waals surface area contributed by atoms with Crippen LogP contribution in [0.5, 0.6) is 0 Å². The minimum Gasteiger partial charge on any atom is -0.410 e. The molecule has 6 heteroatoms. The Morgan fingerprint density at radius 2 is 1.56 bits per heavy atom. The summed E-state index contributed by atoms with van der Waals surface area (Å²) in [5.74, 6) is -0.00776. The van der Waals surface area contributed by atoms with Crippen molar-refractivity contribution in [2.45, 2.75) is 70.6 Å². The Kier molecular flexibility index (Phi) is 11.9. The van der Waals surface area contributed by atoms with E-state index in [1.54, 1.807) is 24.3 Å². The van der Waals surface area contributed by atoms with Gasteiger partial charge < -0.3 is 20.0 Å². The van der Waals surface area contributed by atoms with Gasteiger partial charge in [0.15, 0.2) is 8.32 Å². The number of amides is 1. The van der Waals surface area contributed by atoms with Crippen LogP contribution in [-0.2, 0) is 9.22 Å². The molecule has 0 saturated heterocycles. The third-order valence-electron chi connectivity index (χ3n) is 5.67. The van der Waals surface area contributed by atoms with E-state index in [4.69, 9.17) is 4.43 Å². The van der Waals surface area contributed by atoms with Crippen LogP contribution in [0.2, 0.25) is 18.1 Å². The third-order valence-corrected chi connectivity index (χ3v) is 10.2. The van der Waals surface area contributed by atoms with Crippen LogP contribution in [0.15, 0.2) is 72.9 Å². The number of hydrogen-bond donors (Lipinski definition) is 3. The maximum Gasteiger partial charge on any atom is 0.243 e. The highest BCUT2D eigenvalue weighted by Crippen LogP contribution is 2.37. The molecule has 3 unspecified atom stereocenters. The maximum atomic E-state index is 11.9. The van der Waals surface area contributed by atoms with Crippen molar-refractivity contribution >= 4 is 14.2 Å². The predicted octanol–water partition coefficient (Wildman–Crippen LogP) is 4.59. The molecule has 1 heterocycles. The van der Waals surface area contributed by atoms with Crippen LogP contribution in [0.4, 0.5) is 0 Å². The van der Waals surface area contributed by atoms with Gasteiger partial charge in [0.2, 0.25) is 5.91 Å². The summed E-state index contributed by atoms with van der Waals surface area (Å²) >= 11 is 0. The normalized spacial score (nSPS) is 32.8. The van der Waals surface area contributed by atoms with E-state index in [1.807, 2.05) is 49.5 Å². The number of carbonyl (C=O) groups excluding carboxylic acids is 1. The minimum atomic E-state index is -2.02. The molecule has 0 aromatic heterocycles. The van der Waals surface area contributed by atoms with Gasteiger partial charge in [0.25, 0.3) is 0 Å². The molecule has 1 aliphatic rings. The molecule has 5 nitrogen and oxygen atoms in total. The van der Waals surface area contributed by atoms with Gasteiger partial charge in [-0.25, -0.2) is 0 Å². The highest BCUT2D eigenvalue weighted by atomic mass is 28.4.